The van der Waals surface area contributed by atoms with Crippen molar-refractivity contribution < 1.29 is 19.5 Å². The Morgan fingerprint density at radius 1 is 1.30 bits per heavy atom. The van der Waals surface area contributed by atoms with Crippen molar-refractivity contribution in [1.82, 2.24) is 0 Å². The van der Waals surface area contributed by atoms with Crippen molar-refractivity contribution in [3.8, 4) is 0 Å². The molecular weight excluding hydrogens is 262 g/mol. The van der Waals surface area contributed by atoms with Gasteiger partial charge in [-0.2, -0.15) is 0 Å². The number of nitrogens with one attached hydrogen (secondary N) is 2. The Morgan fingerprint density at radius 3 is 2.45 bits per heavy atom. The maximum Gasteiger partial charge on any atom is 0.337 e. The summed E-state index contributed by atoms with van der Waals surface area (Å²) in [7, 11) is 0. The molecule has 0 aliphatic rings. The summed E-state index contributed by atoms with van der Waals surface area (Å²) in [6, 6.07) is 3.49. The molecule has 0 spiro atoms. The van der Waals surface area contributed by atoms with E-state index in [1.165, 1.54) is 25.1 Å². The van der Waals surface area contributed by atoms with E-state index in [0.29, 0.717) is 12.1 Å². The molecular formula is C13H17N3O4. The van der Waals surface area contributed by atoms with Gasteiger partial charge in [0.05, 0.1) is 17.3 Å². The van der Waals surface area contributed by atoms with E-state index in [1.807, 2.05) is 0 Å². The Morgan fingerprint density at radius 2 is 1.95 bits per heavy atom. The van der Waals surface area contributed by atoms with Gasteiger partial charge in [0.15, 0.2) is 0 Å². The van der Waals surface area contributed by atoms with Gasteiger partial charge in [0.25, 0.3) is 0 Å². The predicted octanol–water partition coefficient (Wildman–Crippen LogP) is 1.02. The van der Waals surface area contributed by atoms with Crippen molar-refractivity contribution in [2.75, 3.05) is 10.6 Å². The molecule has 1 atom stereocenters. The highest BCUT2D eigenvalue weighted by Crippen LogP contribution is 2.21. The van der Waals surface area contributed by atoms with Crippen LogP contribution in [-0.2, 0) is 9.59 Å². The van der Waals surface area contributed by atoms with Gasteiger partial charge in [0.2, 0.25) is 11.8 Å². The number of carbonyl (C=O) groups excluding carboxylic acids is 2. The lowest BCUT2D eigenvalue weighted by molar-refractivity contribution is -0.117. The van der Waals surface area contributed by atoms with Gasteiger partial charge in [-0.25, -0.2) is 4.79 Å². The first-order valence-electron chi connectivity index (χ1n) is 6.06. The maximum atomic E-state index is 11.7. The maximum absolute atomic E-state index is 11.7. The third-order valence-electron chi connectivity index (χ3n) is 2.60. The van der Waals surface area contributed by atoms with Gasteiger partial charge in [-0.15, -0.1) is 0 Å². The summed E-state index contributed by atoms with van der Waals surface area (Å²) in [5, 5.41) is 14.1. The largest absolute Gasteiger partial charge is 0.478 e. The molecule has 1 aromatic rings. The zero-order chi connectivity index (χ0) is 15.3. The number of nitrogens with two attached hydrogens (primary N) is 1. The molecule has 0 aromatic heterocycles. The molecule has 20 heavy (non-hydrogen) atoms. The number of aromatic carboxylic acids is 1. The Bertz CT molecular complexity index is 542. The molecule has 0 heterocycles. The van der Waals surface area contributed by atoms with Crippen LogP contribution in [0.4, 0.5) is 11.4 Å². The van der Waals surface area contributed by atoms with Crippen LogP contribution in [0, 0.1) is 0 Å². The minimum absolute atomic E-state index is 0.118. The molecule has 0 unspecified atom stereocenters. The average molecular weight is 279 g/mol. The van der Waals surface area contributed by atoms with Gasteiger partial charge in [-0.1, -0.05) is 6.92 Å². The van der Waals surface area contributed by atoms with Gasteiger partial charge in [0, 0.05) is 12.6 Å². The van der Waals surface area contributed by atoms with E-state index in [2.05, 4.69) is 10.6 Å². The zero-order valence-electron chi connectivity index (χ0n) is 11.3. The number of carboxylic acid groups (broad SMARTS) is 1. The van der Waals surface area contributed by atoms with Crippen LogP contribution in [0.1, 0.15) is 30.6 Å². The van der Waals surface area contributed by atoms with Crippen molar-refractivity contribution in [2.24, 2.45) is 5.73 Å². The summed E-state index contributed by atoms with van der Waals surface area (Å²) in [5.41, 5.74) is 5.93. The summed E-state index contributed by atoms with van der Waals surface area (Å²) < 4.78 is 0. The number of carbonyl (C=O) groups is 3. The third kappa shape index (κ3) is 4.06. The molecule has 0 aliphatic carbocycles. The molecule has 1 rings (SSSR count). The smallest absolute Gasteiger partial charge is 0.337 e. The predicted molar refractivity (Wildman–Crippen MR) is 74.6 cm³/mol. The number of anilines is 2. The van der Waals surface area contributed by atoms with Crippen molar-refractivity contribution in [3.63, 3.8) is 0 Å². The molecule has 0 aliphatic heterocycles. The molecule has 108 valence electrons. The van der Waals surface area contributed by atoms with E-state index in [-0.39, 0.29) is 17.2 Å². The Balaban J connectivity index is 3.04. The highest BCUT2D eigenvalue weighted by Gasteiger charge is 2.16. The Hall–Kier alpha value is -2.41. The number of carboxylic acids is 1. The average Bonchev–Trinajstić information content (AvgIpc) is 2.38. The molecule has 5 N–H and O–H groups in total. The zero-order valence-corrected chi connectivity index (χ0v) is 11.3. The third-order valence-corrected chi connectivity index (χ3v) is 2.60. The molecule has 0 radical (unpaired) electrons. The van der Waals surface area contributed by atoms with E-state index >= 15 is 0 Å². The van der Waals surface area contributed by atoms with Gasteiger partial charge < -0.3 is 21.5 Å². The first kappa shape index (κ1) is 15.6. The number of benzene rings is 1. The summed E-state index contributed by atoms with van der Waals surface area (Å²) >= 11 is 0. The molecule has 0 bridgehead atoms. The van der Waals surface area contributed by atoms with Gasteiger partial charge in [-0.3, -0.25) is 9.59 Å². The van der Waals surface area contributed by atoms with Gasteiger partial charge in [0.1, 0.15) is 0 Å². The lowest BCUT2D eigenvalue weighted by atomic mass is 10.1. The fourth-order valence-electron chi connectivity index (χ4n) is 1.52. The van der Waals surface area contributed by atoms with Gasteiger partial charge in [-0.05, 0) is 24.6 Å². The minimum atomic E-state index is -1.21. The van der Waals surface area contributed by atoms with Crippen LogP contribution in [-0.4, -0.2) is 28.9 Å². The van der Waals surface area contributed by atoms with Crippen LogP contribution >= 0.6 is 0 Å². The first-order chi connectivity index (χ1) is 9.35. The molecule has 2 amide bonds. The van der Waals surface area contributed by atoms with E-state index in [9.17, 15) is 14.4 Å². The topological polar surface area (TPSA) is 122 Å². The van der Waals surface area contributed by atoms with Crippen molar-refractivity contribution in [2.45, 2.75) is 26.3 Å². The van der Waals surface area contributed by atoms with Crippen LogP contribution in [0.5, 0.6) is 0 Å². The van der Waals surface area contributed by atoms with Gasteiger partial charge >= 0.3 is 5.97 Å². The minimum Gasteiger partial charge on any atom is -0.478 e. The Kier molecular flexibility index (Phi) is 5.22. The van der Waals surface area contributed by atoms with Crippen LogP contribution in [0.3, 0.4) is 0 Å². The van der Waals surface area contributed by atoms with E-state index in [4.69, 9.17) is 10.8 Å². The molecule has 7 heteroatoms. The van der Waals surface area contributed by atoms with Crippen LogP contribution in [0.15, 0.2) is 18.2 Å². The van der Waals surface area contributed by atoms with Crippen LogP contribution < -0.4 is 16.4 Å². The second-order valence-corrected chi connectivity index (χ2v) is 4.25. The number of hydrogen-bond donors (Lipinski definition) is 4. The number of hydrogen-bond acceptors (Lipinski definition) is 4. The van der Waals surface area contributed by atoms with Crippen molar-refractivity contribution in [3.05, 3.63) is 23.8 Å². The summed E-state index contributed by atoms with van der Waals surface area (Å²) in [6.07, 6.45) is 0.443. The first-order valence-corrected chi connectivity index (χ1v) is 6.06. The molecule has 1 aromatic carbocycles. The molecule has 7 nitrogen and oxygen atoms in total. The fourth-order valence-corrected chi connectivity index (χ4v) is 1.52. The number of rotatable bonds is 5. The summed E-state index contributed by atoms with van der Waals surface area (Å²) in [4.78, 5) is 33.8. The lowest BCUT2D eigenvalue weighted by Crippen LogP contribution is -2.35. The van der Waals surface area contributed by atoms with E-state index in [1.54, 1.807) is 6.92 Å². The van der Waals surface area contributed by atoms with Crippen molar-refractivity contribution in [1.29, 1.82) is 0 Å². The van der Waals surface area contributed by atoms with Crippen LogP contribution in [0.25, 0.3) is 0 Å². The monoisotopic (exact) mass is 279 g/mol. The normalized spacial score (nSPS) is 11.6. The molecule has 0 fully saturated rings. The summed E-state index contributed by atoms with van der Waals surface area (Å²) in [6.45, 7) is 3.07. The summed E-state index contributed by atoms with van der Waals surface area (Å²) in [5.74, 6) is -1.98. The molecule has 0 saturated heterocycles. The fraction of sp³-hybridized carbons (Fsp3) is 0.308. The number of amides is 2. The lowest BCUT2D eigenvalue weighted by Gasteiger charge is -2.13. The second kappa shape index (κ2) is 6.67. The highest BCUT2D eigenvalue weighted by molar-refractivity contribution is 6.03. The van der Waals surface area contributed by atoms with E-state index < -0.39 is 17.9 Å². The van der Waals surface area contributed by atoms with Crippen LogP contribution in [0.2, 0.25) is 0 Å². The Labute approximate surface area is 116 Å². The standard InChI is InChI=1S/C13H17N3O4/c1-3-10(14)12(18)16-11-5-4-8(15-7(2)17)6-9(11)13(19)20/h4-6,10H,3,14H2,1-2H3,(H,15,17)(H,16,18)(H,19,20)/t10-/m0/s1. The quantitative estimate of drug-likeness (QED) is 0.641. The van der Waals surface area contributed by atoms with Crippen molar-refractivity contribution >= 4 is 29.2 Å². The SMILES string of the molecule is CC[C@H](N)C(=O)Nc1ccc(NC(C)=O)cc1C(=O)O. The highest BCUT2D eigenvalue weighted by atomic mass is 16.4. The molecule has 0 saturated carbocycles. The van der Waals surface area contributed by atoms with E-state index in [0.717, 1.165) is 0 Å². The second-order valence-electron chi connectivity index (χ2n) is 4.25.